The number of hydrogen-bond donors (Lipinski definition) is 1. The van der Waals surface area contributed by atoms with Gasteiger partial charge >= 0.3 is 0 Å². The van der Waals surface area contributed by atoms with Gasteiger partial charge in [0.2, 0.25) is 0 Å². The molecule has 3 heterocycles. The third kappa shape index (κ3) is 3.95. The minimum Gasteiger partial charge on any atom is -0.322 e. The number of carbonyl (C=O) groups is 1. The average Bonchev–Trinajstić information content (AvgIpc) is 3.35. The third-order valence-corrected chi connectivity index (χ3v) is 5.27. The molecule has 0 atom stereocenters. The Morgan fingerprint density at radius 2 is 2.03 bits per heavy atom. The van der Waals surface area contributed by atoms with Crippen LogP contribution < -0.4 is 5.32 Å². The Bertz CT molecular complexity index is 1150. The highest BCUT2D eigenvalue weighted by atomic mass is 32.1. The van der Waals surface area contributed by atoms with Gasteiger partial charge in [-0.05, 0) is 37.1 Å². The summed E-state index contributed by atoms with van der Waals surface area (Å²) in [7, 11) is 0. The summed E-state index contributed by atoms with van der Waals surface area (Å²) in [4.78, 5) is 21.9. The SMILES string of the molecule is Cc1nc(-c2cccc(NC(=O)c3cnn(-c4ccccn4)c3C(C)C)c2)cs1. The Kier molecular flexibility index (Phi) is 5.22. The number of pyridine rings is 1. The Hall–Kier alpha value is -3.32. The zero-order chi connectivity index (χ0) is 20.4. The van der Waals surface area contributed by atoms with Gasteiger partial charge in [-0.3, -0.25) is 4.79 Å². The molecule has 1 aromatic carbocycles. The first-order valence-corrected chi connectivity index (χ1v) is 10.2. The van der Waals surface area contributed by atoms with Crippen molar-refractivity contribution >= 4 is 22.9 Å². The summed E-state index contributed by atoms with van der Waals surface area (Å²) < 4.78 is 1.73. The topological polar surface area (TPSA) is 72.7 Å². The lowest BCUT2D eigenvalue weighted by atomic mass is 10.0. The van der Waals surface area contributed by atoms with Crippen molar-refractivity contribution in [2.75, 3.05) is 5.32 Å². The molecule has 1 N–H and O–H groups in total. The molecule has 1 amide bonds. The zero-order valence-corrected chi connectivity index (χ0v) is 17.3. The van der Waals surface area contributed by atoms with E-state index in [1.165, 1.54) is 0 Å². The molecule has 0 bridgehead atoms. The standard InChI is InChI=1S/C22H21N5OS/c1-14(2)21-18(12-24-27(21)20-9-4-5-10-23-20)22(28)26-17-8-6-7-16(11-17)19-13-29-15(3)25-19/h4-14H,1-3H3,(H,26,28). The maximum Gasteiger partial charge on any atom is 0.259 e. The molecule has 4 rings (SSSR count). The number of hydrogen-bond acceptors (Lipinski definition) is 5. The number of thiazole rings is 1. The molecule has 146 valence electrons. The van der Waals surface area contributed by atoms with Crippen LogP contribution in [0.15, 0.2) is 60.2 Å². The van der Waals surface area contributed by atoms with Gasteiger partial charge in [0.15, 0.2) is 5.82 Å². The van der Waals surface area contributed by atoms with Crippen molar-refractivity contribution in [1.82, 2.24) is 19.7 Å². The van der Waals surface area contributed by atoms with Gasteiger partial charge in [-0.15, -0.1) is 11.3 Å². The van der Waals surface area contributed by atoms with E-state index in [-0.39, 0.29) is 11.8 Å². The number of aryl methyl sites for hydroxylation is 1. The molecule has 0 radical (unpaired) electrons. The molecular weight excluding hydrogens is 382 g/mol. The third-order valence-electron chi connectivity index (χ3n) is 4.50. The maximum absolute atomic E-state index is 13.0. The van der Waals surface area contributed by atoms with Gasteiger partial charge in [0, 0.05) is 22.8 Å². The number of carbonyl (C=O) groups excluding carboxylic acids is 1. The molecule has 0 saturated carbocycles. The number of benzene rings is 1. The van der Waals surface area contributed by atoms with Crippen molar-refractivity contribution < 1.29 is 4.79 Å². The van der Waals surface area contributed by atoms with Crippen molar-refractivity contribution in [3.05, 3.63) is 76.5 Å². The number of nitrogens with zero attached hydrogens (tertiary/aromatic N) is 4. The van der Waals surface area contributed by atoms with Crippen LogP contribution >= 0.6 is 11.3 Å². The first kappa shape index (κ1) is 19.0. The first-order valence-electron chi connectivity index (χ1n) is 9.36. The van der Waals surface area contributed by atoms with Crippen LogP contribution in [0.5, 0.6) is 0 Å². The summed E-state index contributed by atoms with van der Waals surface area (Å²) >= 11 is 1.61. The van der Waals surface area contributed by atoms with E-state index in [0.717, 1.165) is 27.6 Å². The molecule has 29 heavy (non-hydrogen) atoms. The minimum atomic E-state index is -0.192. The number of nitrogens with one attached hydrogen (secondary N) is 1. The largest absolute Gasteiger partial charge is 0.322 e. The van der Waals surface area contributed by atoms with Gasteiger partial charge in [-0.1, -0.05) is 32.0 Å². The number of anilines is 1. The summed E-state index contributed by atoms with van der Waals surface area (Å²) in [5.74, 6) is 0.600. The molecule has 0 fully saturated rings. The fourth-order valence-corrected chi connectivity index (χ4v) is 3.82. The van der Waals surface area contributed by atoms with E-state index in [9.17, 15) is 4.79 Å². The maximum atomic E-state index is 13.0. The molecule has 0 aliphatic carbocycles. The highest BCUT2D eigenvalue weighted by Gasteiger charge is 2.21. The van der Waals surface area contributed by atoms with E-state index in [1.54, 1.807) is 28.4 Å². The van der Waals surface area contributed by atoms with Crippen molar-refractivity contribution in [3.63, 3.8) is 0 Å². The van der Waals surface area contributed by atoms with Crippen molar-refractivity contribution in [1.29, 1.82) is 0 Å². The van der Waals surface area contributed by atoms with Crippen LogP contribution in [0.3, 0.4) is 0 Å². The van der Waals surface area contributed by atoms with Crippen LogP contribution in [-0.4, -0.2) is 25.7 Å². The number of amides is 1. The van der Waals surface area contributed by atoms with Gasteiger partial charge in [-0.25, -0.2) is 14.6 Å². The molecule has 3 aromatic heterocycles. The van der Waals surface area contributed by atoms with E-state index in [4.69, 9.17) is 0 Å². The minimum absolute atomic E-state index is 0.101. The Morgan fingerprint density at radius 1 is 1.17 bits per heavy atom. The van der Waals surface area contributed by atoms with E-state index in [2.05, 4.69) is 20.4 Å². The second-order valence-corrected chi connectivity index (χ2v) is 8.05. The molecule has 6 nitrogen and oxygen atoms in total. The number of aromatic nitrogens is 4. The molecule has 0 aliphatic rings. The van der Waals surface area contributed by atoms with Gasteiger partial charge in [0.25, 0.3) is 5.91 Å². The normalized spacial score (nSPS) is 11.0. The fraction of sp³-hybridized carbons (Fsp3) is 0.182. The van der Waals surface area contributed by atoms with Crippen LogP contribution in [0.25, 0.3) is 17.1 Å². The van der Waals surface area contributed by atoms with E-state index < -0.39 is 0 Å². The van der Waals surface area contributed by atoms with Crippen LogP contribution in [0, 0.1) is 6.92 Å². The Labute approximate surface area is 173 Å². The Balaban J connectivity index is 1.63. The lowest BCUT2D eigenvalue weighted by Gasteiger charge is -2.12. The number of rotatable bonds is 5. The van der Waals surface area contributed by atoms with Gasteiger partial charge in [-0.2, -0.15) is 5.10 Å². The second kappa shape index (κ2) is 7.97. The molecule has 0 unspecified atom stereocenters. The van der Waals surface area contributed by atoms with E-state index in [0.29, 0.717) is 11.4 Å². The summed E-state index contributed by atoms with van der Waals surface area (Å²) in [6, 6.07) is 13.3. The molecule has 4 aromatic rings. The summed E-state index contributed by atoms with van der Waals surface area (Å²) in [5.41, 5.74) is 3.97. The molecule has 0 spiro atoms. The predicted octanol–water partition coefficient (Wildman–Crippen LogP) is 5.07. The predicted molar refractivity (Wildman–Crippen MR) is 116 cm³/mol. The Morgan fingerprint density at radius 3 is 2.72 bits per heavy atom. The summed E-state index contributed by atoms with van der Waals surface area (Å²) in [6.07, 6.45) is 3.32. The second-order valence-electron chi connectivity index (χ2n) is 6.98. The van der Waals surface area contributed by atoms with Crippen LogP contribution in [0.2, 0.25) is 0 Å². The highest BCUT2D eigenvalue weighted by Crippen LogP contribution is 2.26. The van der Waals surface area contributed by atoms with Crippen LogP contribution in [0.4, 0.5) is 5.69 Å². The first-order chi connectivity index (χ1) is 14.0. The highest BCUT2D eigenvalue weighted by molar-refractivity contribution is 7.09. The lowest BCUT2D eigenvalue weighted by Crippen LogP contribution is -2.15. The summed E-state index contributed by atoms with van der Waals surface area (Å²) in [5, 5.41) is 10.5. The lowest BCUT2D eigenvalue weighted by molar-refractivity contribution is 0.102. The van der Waals surface area contributed by atoms with Crippen LogP contribution in [-0.2, 0) is 0 Å². The fourth-order valence-electron chi connectivity index (χ4n) is 3.20. The smallest absolute Gasteiger partial charge is 0.259 e. The van der Waals surface area contributed by atoms with Gasteiger partial charge in [0.05, 0.1) is 28.2 Å². The van der Waals surface area contributed by atoms with Gasteiger partial charge in [0.1, 0.15) is 0 Å². The molecule has 0 aliphatic heterocycles. The van der Waals surface area contributed by atoms with E-state index >= 15 is 0 Å². The molecular formula is C22H21N5OS. The van der Waals surface area contributed by atoms with E-state index in [1.807, 2.05) is 68.6 Å². The van der Waals surface area contributed by atoms with Crippen LogP contribution in [0.1, 0.15) is 40.8 Å². The average molecular weight is 404 g/mol. The molecule has 0 saturated heterocycles. The van der Waals surface area contributed by atoms with Crippen molar-refractivity contribution in [3.8, 4) is 17.1 Å². The van der Waals surface area contributed by atoms with Gasteiger partial charge < -0.3 is 5.32 Å². The summed E-state index contributed by atoms with van der Waals surface area (Å²) in [6.45, 7) is 6.06. The quantitative estimate of drug-likeness (QED) is 0.505. The zero-order valence-electron chi connectivity index (χ0n) is 16.5. The molecule has 7 heteroatoms. The van der Waals surface area contributed by atoms with Crippen molar-refractivity contribution in [2.45, 2.75) is 26.7 Å². The van der Waals surface area contributed by atoms with Crippen molar-refractivity contribution in [2.24, 2.45) is 0 Å². The monoisotopic (exact) mass is 403 g/mol.